The number of nitrogens with zero attached hydrogens (tertiary/aromatic N) is 2. The van der Waals surface area contributed by atoms with E-state index in [0.29, 0.717) is 23.4 Å². The van der Waals surface area contributed by atoms with Crippen molar-refractivity contribution in [1.82, 2.24) is 10.2 Å². The van der Waals surface area contributed by atoms with Crippen LogP contribution >= 0.6 is 23.2 Å². The van der Waals surface area contributed by atoms with E-state index >= 15 is 0 Å². The van der Waals surface area contributed by atoms with Crippen molar-refractivity contribution >= 4 is 23.2 Å². The summed E-state index contributed by atoms with van der Waals surface area (Å²) in [6.45, 7) is 0.890. The molecule has 0 aliphatic carbocycles. The van der Waals surface area contributed by atoms with Gasteiger partial charge in [-0.05, 0) is 29.8 Å². The zero-order chi connectivity index (χ0) is 12.1. The first-order valence-corrected chi connectivity index (χ1v) is 5.80. The number of rotatable bonds is 4. The highest BCUT2D eigenvalue weighted by atomic mass is 35.5. The zero-order valence-electron chi connectivity index (χ0n) is 8.94. The van der Waals surface area contributed by atoms with Crippen molar-refractivity contribution in [2.45, 2.75) is 13.2 Å². The Morgan fingerprint density at radius 3 is 2.59 bits per heavy atom. The van der Waals surface area contributed by atoms with E-state index < -0.39 is 0 Å². The molecule has 0 spiro atoms. The fourth-order valence-electron chi connectivity index (χ4n) is 1.32. The van der Waals surface area contributed by atoms with Crippen LogP contribution in [0.2, 0.25) is 10.2 Å². The monoisotopic (exact) mass is 268 g/mol. The summed E-state index contributed by atoms with van der Waals surface area (Å²) in [6, 6.07) is 11.0. The summed E-state index contributed by atoms with van der Waals surface area (Å²) in [4.78, 5) is 0. The molecule has 0 N–H and O–H groups in total. The first-order valence-electron chi connectivity index (χ1n) is 5.04. The summed E-state index contributed by atoms with van der Waals surface area (Å²) in [5, 5.41) is 8.71. The molecule has 2 rings (SSSR count). The lowest BCUT2D eigenvalue weighted by Crippen LogP contribution is -1.97. The number of benzene rings is 1. The van der Waals surface area contributed by atoms with Crippen LogP contribution in [-0.2, 0) is 18.0 Å². The molecule has 0 aliphatic rings. The molecule has 1 aromatic heterocycles. The van der Waals surface area contributed by atoms with Crippen LogP contribution in [-0.4, -0.2) is 10.2 Å². The van der Waals surface area contributed by atoms with Gasteiger partial charge in [-0.2, -0.15) is 5.10 Å². The van der Waals surface area contributed by atoms with Crippen molar-refractivity contribution in [1.29, 1.82) is 0 Å². The quantitative estimate of drug-likeness (QED) is 0.852. The SMILES string of the molecule is Clc1cccc(COCc2ccc(Cl)nn2)c1. The fraction of sp³-hybridized carbons (Fsp3) is 0.167. The molecule has 0 saturated heterocycles. The van der Waals surface area contributed by atoms with E-state index in [-0.39, 0.29) is 0 Å². The van der Waals surface area contributed by atoms with Crippen molar-refractivity contribution in [3.05, 3.63) is 57.8 Å². The number of halogens is 2. The molecule has 88 valence electrons. The Morgan fingerprint density at radius 2 is 1.88 bits per heavy atom. The van der Waals surface area contributed by atoms with Gasteiger partial charge in [0.15, 0.2) is 5.15 Å². The second kappa shape index (κ2) is 5.96. The molecule has 0 atom stereocenters. The van der Waals surface area contributed by atoms with Crippen LogP contribution in [0.1, 0.15) is 11.3 Å². The van der Waals surface area contributed by atoms with Gasteiger partial charge in [0.2, 0.25) is 0 Å². The van der Waals surface area contributed by atoms with E-state index in [4.69, 9.17) is 27.9 Å². The molecule has 0 unspecified atom stereocenters. The maximum absolute atomic E-state index is 5.87. The highest BCUT2D eigenvalue weighted by Crippen LogP contribution is 2.12. The summed E-state index contributed by atoms with van der Waals surface area (Å²) in [5.74, 6) is 0. The Labute approximate surface area is 109 Å². The Balaban J connectivity index is 1.85. The highest BCUT2D eigenvalue weighted by Gasteiger charge is 1.98. The van der Waals surface area contributed by atoms with Crippen LogP contribution in [0.5, 0.6) is 0 Å². The zero-order valence-corrected chi connectivity index (χ0v) is 10.4. The van der Waals surface area contributed by atoms with Gasteiger partial charge < -0.3 is 4.74 Å². The number of hydrogen-bond acceptors (Lipinski definition) is 3. The Hall–Kier alpha value is -1.16. The van der Waals surface area contributed by atoms with E-state index in [1.54, 1.807) is 12.1 Å². The molecule has 1 heterocycles. The third kappa shape index (κ3) is 3.97. The first kappa shape index (κ1) is 12.3. The molecule has 0 amide bonds. The van der Waals surface area contributed by atoms with E-state index in [0.717, 1.165) is 11.3 Å². The van der Waals surface area contributed by atoms with E-state index in [2.05, 4.69) is 10.2 Å². The topological polar surface area (TPSA) is 35.0 Å². The summed E-state index contributed by atoms with van der Waals surface area (Å²) >= 11 is 11.5. The van der Waals surface area contributed by atoms with Crippen LogP contribution in [0.25, 0.3) is 0 Å². The number of aromatic nitrogens is 2. The van der Waals surface area contributed by atoms with Gasteiger partial charge in [0.1, 0.15) is 0 Å². The molecule has 5 heteroatoms. The van der Waals surface area contributed by atoms with Crippen molar-refractivity contribution in [3.8, 4) is 0 Å². The molecule has 0 bridgehead atoms. The summed E-state index contributed by atoms with van der Waals surface area (Å²) < 4.78 is 5.50. The average molecular weight is 269 g/mol. The molecule has 1 aromatic carbocycles. The summed E-state index contributed by atoms with van der Waals surface area (Å²) in [7, 11) is 0. The van der Waals surface area contributed by atoms with Gasteiger partial charge in [0.05, 0.1) is 18.9 Å². The van der Waals surface area contributed by atoms with Crippen LogP contribution in [0.3, 0.4) is 0 Å². The van der Waals surface area contributed by atoms with Gasteiger partial charge in [0.25, 0.3) is 0 Å². The Morgan fingerprint density at radius 1 is 1.00 bits per heavy atom. The van der Waals surface area contributed by atoms with E-state index in [1.807, 2.05) is 24.3 Å². The number of ether oxygens (including phenoxy) is 1. The lowest BCUT2D eigenvalue weighted by atomic mass is 10.2. The molecule has 0 aliphatic heterocycles. The maximum atomic E-state index is 5.87. The second-order valence-electron chi connectivity index (χ2n) is 3.47. The van der Waals surface area contributed by atoms with Gasteiger partial charge in [-0.25, -0.2) is 0 Å². The van der Waals surface area contributed by atoms with Gasteiger partial charge in [-0.15, -0.1) is 5.10 Å². The minimum atomic E-state index is 0.378. The van der Waals surface area contributed by atoms with Gasteiger partial charge in [0, 0.05) is 5.02 Å². The maximum Gasteiger partial charge on any atom is 0.151 e. The molecule has 0 fully saturated rings. The van der Waals surface area contributed by atoms with Gasteiger partial charge in [-0.3, -0.25) is 0 Å². The molecular formula is C12H10Cl2N2O. The van der Waals surface area contributed by atoms with Crippen LogP contribution in [0, 0.1) is 0 Å². The normalized spacial score (nSPS) is 10.5. The molecule has 0 saturated carbocycles. The summed E-state index contributed by atoms with van der Waals surface area (Å²) in [5.41, 5.74) is 1.77. The van der Waals surface area contributed by atoms with Gasteiger partial charge in [-0.1, -0.05) is 35.3 Å². The van der Waals surface area contributed by atoms with E-state index in [9.17, 15) is 0 Å². The molecule has 17 heavy (non-hydrogen) atoms. The molecule has 3 nitrogen and oxygen atoms in total. The standard InChI is InChI=1S/C12H10Cl2N2O/c13-10-3-1-2-9(6-10)7-17-8-11-4-5-12(14)16-15-11/h1-6H,7-8H2. The fourth-order valence-corrected chi connectivity index (χ4v) is 1.63. The van der Waals surface area contributed by atoms with Crippen molar-refractivity contribution < 1.29 is 4.74 Å². The first-order chi connectivity index (χ1) is 8.24. The molecular weight excluding hydrogens is 259 g/mol. The molecule has 2 aromatic rings. The van der Waals surface area contributed by atoms with Gasteiger partial charge >= 0.3 is 0 Å². The van der Waals surface area contributed by atoms with Crippen LogP contribution < -0.4 is 0 Å². The lowest BCUT2D eigenvalue weighted by molar-refractivity contribution is 0.104. The lowest BCUT2D eigenvalue weighted by Gasteiger charge is -2.04. The van der Waals surface area contributed by atoms with E-state index in [1.165, 1.54) is 0 Å². The molecule has 0 radical (unpaired) electrons. The Kier molecular flexibility index (Phi) is 4.31. The largest absolute Gasteiger partial charge is 0.370 e. The van der Waals surface area contributed by atoms with Crippen LogP contribution in [0.4, 0.5) is 0 Å². The van der Waals surface area contributed by atoms with Crippen molar-refractivity contribution in [3.63, 3.8) is 0 Å². The third-order valence-electron chi connectivity index (χ3n) is 2.09. The third-order valence-corrected chi connectivity index (χ3v) is 2.53. The number of hydrogen-bond donors (Lipinski definition) is 0. The second-order valence-corrected chi connectivity index (χ2v) is 4.29. The van der Waals surface area contributed by atoms with Crippen molar-refractivity contribution in [2.24, 2.45) is 0 Å². The predicted molar refractivity (Wildman–Crippen MR) is 67.0 cm³/mol. The smallest absolute Gasteiger partial charge is 0.151 e. The minimum Gasteiger partial charge on any atom is -0.370 e. The average Bonchev–Trinajstić information content (AvgIpc) is 2.32. The predicted octanol–water partition coefficient (Wildman–Crippen LogP) is 3.50. The van der Waals surface area contributed by atoms with Crippen LogP contribution in [0.15, 0.2) is 36.4 Å². The van der Waals surface area contributed by atoms with Crippen molar-refractivity contribution in [2.75, 3.05) is 0 Å². The highest BCUT2D eigenvalue weighted by molar-refractivity contribution is 6.30. The summed E-state index contributed by atoms with van der Waals surface area (Å²) in [6.07, 6.45) is 0. The Bertz CT molecular complexity index is 488. The minimum absolute atomic E-state index is 0.378.